The summed E-state index contributed by atoms with van der Waals surface area (Å²) in [6, 6.07) is 17.1. The number of hydrogen-bond donors (Lipinski definition) is 1. The lowest BCUT2D eigenvalue weighted by Gasteiger charge is -2.35. The fraction of sp³-hybridized carbons (Fsp3) is 0.400. The number of nitrogens with zero attached hydrogens (tertiary/aromatic N) is 2. The van der Waals surface area contributed by atoms with Gasteiger partial charge < -0.3 is 19.9 Å². The first-order valence-electron chi connectivity index (χ1n) is 11.1. The van der Waals surface area contributed by atoms with E-state index in [0.29, 0.717) is 43.7 Å². The monoisotopic (exact) mass is 435 g/mol. The molecule has 0 bridgehead atoms. The molecule has 32 heavy (non-hydrogen) atoms. The maximum absolute atomic E-state index is 13.3. The predicted molar refractivity (Wildman–Crippen MR) is 120 cm³/mol. The van der Waals surface area contributed by atoms with Gasteiger partial charge in [0, 0.05) is 33.0 Å². The van der Waals surface area contributed by atoms with E-state index in [9.17, 15) is 14.4 Å². The Labute approximate surface area is 188 Å². The van der Waals surface area contributed by atoms with Crippen molar-refractivity contribution in [3.8, 4) is 5.75 Å². The molecule has 0 aromatic heterocycles. The van der Waals surface area contributed by atoms with Crippen molar-refractivity contribution in [2.75, 3.05) is 33.2 Å². The fourth-order valence-electron chi connectivity index (χ4n) is 4.34. The van der Waals surface area contributed by atoms with Crippen LogP contribution < -0.4 is 10.1 Å². The van der Waals surface area contributed by atoms with Gasteiger partial charge >= 0.3 is 0 Å². The van der Waals surface area contributed by atoms with E-state index >= 15 is 0 Å². The second-order valence-corrected chi connectivity index (χ2v) is 8.59. The average molecular weight is 436 g/mol. The Bertz CT molecular complexity index is 994. The van der Waals surface area contributed by atoms with E-state index in [1.807, 2.05) is 36.4 Å². The zero-order valence-corrected chi connectivity index (χ0v) is 18.4. The number of hydrogen-bond acceptors (Lipinski definition) is 4. The number of amides is 3. The number of ether oxygens (including phenoxy) is 1. The van der Waals surface area contributed by atoms with Crippen molar-refractivity contribution in [1.29, 1.82) is 0 Å². The molecule has 2 heterocycles. The second kappa shape index (κ2) is 9.42. The average Bonchev–Trinajstić information content (AvgIpc) is 3.00. The highest BCUT2D eigenvalue weighted by Crippen LogP contribution is 2.35. The molecule has 4 rings (SSSR count). The fourth-order valence-corrected chi connectivity index (χ4v) is 4.34. The van der Waals surface area contributed by atoms with Crippen LogP contribution in [-0.2, 0) is 16.0 Å². The first-order chi connectivity index (χ1) is 15.5. The Morgan fingerprint density at radius 2 is 1.81 bits per heavy atom. The maximum Gasteiger partial charge on any atom is 0.258 e. The molecule has 7 nitrogen and oxygen atoms in total. The molecular formula is C25H29N3O4. The molecule has 0 radical (unpaired) electrons. The highest BCUT2D eigenvalue weighted by molar-refractivity contribution is 5.99. The lowest BCUT2D eigenvalue weighted by molar-refractivity contribution is -0.129. The van der Waals surface area contributed by atoms with Gasteiger partial charge in [0.05, 0.1) is 18.7 Å². The third-order valence-electron chi connectivity index (χ3n) is 6.25. The van der Waals surface area contributed by atoms with Crippen molar-refractivity contribution in [2.45, 2.75) is 31.3 Å². The number of nitrogens with one attached hydrogen (secondary N) is 1. The molecule has 2 aliphatic heterocycles. The van der Waals surface area contributed by atoms with Gasteiger partial charge in [-0.15, -0.1) is 0 Å². The van der Waals surface area contributed by atoms with Gasteiger partial charge in [0.15, 0.2) is 0 Å². The Kier molecular flexibility index (Phi) is 6.44. The summed E-state index contributed by atoms with van der Waals surface area (Å²) in [6.07, 6.45) is 2.18. The van der Waals surface area contributed by atoms with E-state index in [-0.39, 0.29) is 30.8 Å². The molecule has 1 unspecified atom stereocenters. The smallest absolute Gasteiger partial charge is 0.258 e. The Morgan fingerprint density at radius 1 is 1.06 bits per heavy atom. The molecule has 168 valence electrons. The number of likely N-dealkylation sites (tertiary alicyclic amines) is 1. The molecule has 1 spiro atoms. The van der Waals surface area contributed by atoms with E-state index in [2.05, 4.69) is 5.32 Å². The SMILES string of the molecule is CN1CCC2(CCC1=O)CN(CC(=O)NCCc1ccccc1)C(=O)c1ccccc1O2. The van der Waals surface area contributed by atoms with Crippen molar-refractivity contribution in [2.24, 2.45) is 0 Å². The highest BCUT2D eigenvalue weighted by Gasteiger charge is 2.43. The minimum atomic E-state index is -0.701. The Morgan fingerprint density at radius 3 is 2.62 bits per heavy atom. The molecule has 3 amide bonds. The van der Waals surface area contributed by atoms with Gasteiger partial charge in [0.2, 0.25) is 11.8 Å². The lowest BCUT2D eigenvalue weighted by Crippen LogP contribution is -2.50. The number of rotatable bonds is 5. The standard InChI is InChI=1S/C25H29N3O4/c1-27-16-14-25(13-11-23(27)30)18-28(24(31)20-9-5-6-10-21(20)32-25)17-22(29)26-15-12-19-7-3-2-4-8-19/h2-10H,11-18H2,1H3,(H,26,29). The number of carbonyl (C=O) groups is 3. The van der Waals surface area contributed by atoms with Gasteiger partial charge in [-0.25, -0.2) is 0 Å². The molecule has 1 fully saturated rings. The molecule has 2 aliphatic rings. The molecule has 1 N–H and O–H groups in total. The van der Waals surface area contributed by atoms with Crippen LogP contribution in [0.5, 0.6) is 5.75 Å². The largest absolute Gasteiger partial charge is 0.485 e. The summed E-state index contributed by atoms with van der Waals surface area (Å²) in [6.45, 7) is 1.28. The van der Waals surface area contributed by atoms with Crippen molar-refractivity contribution in [1.82, 2.24) is 15.1 Å². The summed E-state index contributed by atoms with van der Waals surface area (Å²) in [7, 11) is 1.79. The highest BCUT2D eigenvalue weighted by atomic mass is 16.5. The molecular weight excluding hydrogens is 406 g/mol. The van der Waals surface area contributed by atoms with Crippen LogP contribution in [0.4, 0.5) is 0 Å². The Balaban J connectivity index is 1.49. The molecule has 1 saturated heterocycles. The summed E-state index contributed by atoms with van der Waals surface area (Å²) >= 11 is 0. The molecule has 2 aromatic rings. The lowest BCUT2D eigenvalue weighted by atomic mass is 9.93. The van der Waals surface area contributed by atoms with Gasteiger partial charge in [-0.1, -0.05) is 42.5 Å². The summed E-state index contributed by atoms with van der Waals surface area (Å²) in [4.78, 5) is 41.5. The number of fused-ring (bicyclic) bond motifs is 1. The first-order valence-corrected chi connectivity index (χ1v) is 11.1. The van der Waals surface area contributed by atoms with Crippen molar-refractivity contribution in [3.63, 3.8) is 0 Å². The minimum absolute atomic E-state index is 0.0448. The van der Waals surface area contributed by atoms with Crippen molar-refractivity contribution < 1.29 is 19.1 Å². The van der Waals surface area contributed by atoms with Gasteiger partial charge in [0.25, 0.3) is 5.91 Å². The normalized spacial score (nSPS) is 20.9. The number of carbonyl (C=O) groups excluding carboxylic acids is 3. The summed E-state index contributed by atoms with van der Waals surface area (Å²) in [5.74, 6) is 0.159. The minimum Gasteiger partial charge on any atom is -0.485 e. The van der Waals surface area contributed by atoms with E-state index in [4.69, 9.17) is 4.74 Å². The van der Waals surface area contributed by atoms with E-state index < -0.39 is 5.60 Å². The van der Waals surface area contributed by atoms with Crippen molar-refractivity contribution in [3.05, 3.63) is 65.7 Å². The van der Waals surface area contributed by atoms with Gasteiger partial charge in [-0.3, -0.25) is 14.4 Å². The number of benzene rings is 2. The van der Waals surface area contributed by atoms with Gasteiger partial charge in [-0.05, 0) is 30.5 Å². The van der Waals surface area contributed by atoms with Gasteiger partial charge in [-0.2, -0.15) is 0 Å². The number of para-hydroxylation sites is 1. The van der Waals surface area contributed by atoms with Crippen LogP contribution in [0.1, 0.15) is 35.2 Å². The van der Waals surface area contributed by atoms with Crippen LogP contribution >= 0.6 is 0 Å². The molecule has 0 aliphatic carbocycles. The van der Waals surface area contributed by atoms with Crippen LogP contribution in [0.3, 0.4) is 0 Å². The van der Waals surface area contributed by atoms with Crippen LogP contribution in [0.15, 0.2) is 54.6 Å². The zero-order valence-electron chi connectivity index (χ0n) is 18.4. The van der Waals surface area contributed by atoms with E-state index in [1.165, 1.54) is 0 Å². The second-order valence-electron chi connectivity index (χ2n) is 8.59. The van der Waals surface area contributed by atoms with Crippen LogP contribution in [-0.4, -0.2) is 66.3 Å². The van der Waals surface area contributed by atoms with Gasteiger partial charge in [0.1, 0.15) is 11.4 Å². The first kappa shape index (κ1) is 21.9. The van der Waals surface area contributed by atoms with E-state index in [0.717, 1.165) is 12.0 Å². The zero-order chi connectivity index (χ0) is 22.6. The molecule has 2 aromatic carbocycles. The quantitative estimate of drug-likeness (QED) is 0.782. The molecule has 7 heteroatoms. The summed E-state index contributed by atoms with van der Waals surface area (Å²) in [5.41, 5.74) is 0.894. The van der Waals surface area contributed by atoms with E-state index in [1.54, 1.807) is 35.0 Å². The van der Waals surface area contributed by atoms with Crippen LogP contribution in [0, 0.1) is 0 Å². The van der Waals surface area contributed by atoms with Crippen LogP contribution in [0.25, 0.3) is 0 Å². The third kappa shape index (κ3) is 4.93. The van der Waals surface area contributed by atoms with Crippen LogP contribution in [0.2, 0.25) is 0 Å². The molecule has 1 atom stereocenters. The maximum atomic E-state index is 13.3. The Hall–Kier alpha value is -3.35. The summed E-state index contributed by atoms with van der Waals surface area (Å²) < 4.78 is 6.41. The molecule has 0 saturated carbocycles. The third-order valence-corrected chi connectivity index (χ3v) is 6.25. The van der Waals surface area contributed by atoms with Crippen molar-refractivity contribution >= 4 is 17.7 Å². The summed E-state index contributed by atoms with van der Waals surface area (Å²) in [5, 5.41) is 2.93. The topological polar surface area (TPSA) is 79.0 Å². The predicted octanol–water partition coefficient (Wildman–Crippen LogP) is 2.26.